The third-order valence-electron chi connectivity index (χ3n) is 5.90. The minimum atomic E-state index is -0.488. The van der Waals surface area contributed by atoms with Gasteiger partial charge in [-0.25, -0.2) is 9.83 Å². The van der Waals surface area contributed by atoms with Crippen molar-refractivity contribution in [1.29, 1.82) is 0 Å². The molecule has 2 aromatic carbocycles. The van der Waals surface area contributed by atoms with Gasteiger partial charge in [-0.05, 0) is 30.5 Å². The normalized spacial score (nSPS) is 17.5. The van der Waals surface area contributed by atoms with Crippen molar-refractivity contribution in [3.8, 4) is 22.8 Å². The molecular formula is C25H23N5O3. The van der Waals surface area contributed by atoms with Gasteiger partial charge in [0, 0.05) is 30.3 Å². The molecule has 3 aromatic rings. The maximum absolute atomic E-state index is 12.2. The van der Waals surface area contributed by atoms with Crippen LogP contribution in [0.4, 0.5) is 11.5 Å². The van der Waals surface area contributed by atoms with Crippen LogP contribution in [0, 0.1) is 13.5 Å². The molecule has 1 aliphatic heterocycles. The van der Waals surface area contributed by atoms with Crippen LogP contribution >= 0.6 is 0 Å². The predicted octanol–water partition coefficient (Wildman–Crippen LogP) is 3.70. The number of ketones is 1. The first-order valence-corrected chi connectivity index (χ1v) is 10.8. The molecule has 33 heavy (non-hydrogen) atoms. The summed E-state index contributed by atoms with van der Waals surface area (Å²) in [4.78, 5) is 26.9. The molecule has 0 spiro atoms. The Labute approximate surface area is 191 Å². The summed E-state index contributed by atoms with van der Waals surface area (Å²) < 4.78 is 11.7. The van der Waals surface area contributed by atoms with Crippen molar-refractivity contribution in [2.45, 2.75) is 19.4 Å². The van der Waals surface area contributed by atoms with Gasteiger partial charge in [0.05, 0.1) is 25.8 Å². The summed E-state index contributed by atoms with van der Waals surface area (Å²) in [5.41, 5.74) is 9.71. The Morgan fingerprint density at radius 2 is 1.91 bits per heavy atom. The largest absolute Gasteiger partial charge is 0.440 e. The molecular weight excluding hydrogens is 418 g/mol. The van der Waals surface area contributed by atoms with Gasteiger partial charge < -0.3 is 20.1 Å². The van der Waals surface area contributed by atoms with Gasteiger partial charge in [-0.15, -0.1) is 0 Å². The number of morpholine rings is 1. The highest BCUT2D eigenvalue weighted by molar-refractivity contribution is 6.04. The van der Waals surface area contributed by atoms with Gasteiger partial charge in [-0.3, -0.25) is 4.79 Å². The Bertz CT molecular complexity index is 1280. The molecule has 2 heterocycles. The first-order valence-electron chi connectivity index (χ1n) is 10.8. The Hall–Kier alpha value is -3.80. The SMILES string of the molecule is [C-]#[N+]c1ccc(-c2ccc3c(c2)CC(N)C3=O)c(Oc2cc(N3CCOCC3)nc(C)n2)c1. The molecule has 0 radical (unpaired) electrons. The zero-order valence-corrected chi connectivity index (χ0v) is 18.2. The Morgan fingerprint density at radius 1 is 1.12 bits per heavy atom. The van der Waals surface area contributed by atoms with E-state index < -0.39 is 6.04 Å². The van der Waals surface area contributed by atoms with Crippen molar-refractivity contribution in [1.82, 2.24) is 9.97 Å². The molecule has 8 heteroatoms. The Kier molecular flexibility index (Phi) is 5.50. The van der Waals surface area contributed by atoms with Crippen LogP contribution in [0.5, 0.6) is 11.6 Å². The lowest BCUT2D eigenvalue weighted by Crippen LogP contribution is -2.36. The lowest BCUT2D eigenvalue weighted by molar-refractivity contribution is 0.0974. The maximum atomic E-state index is 12.2. The lowest BCUT2D eigenvalue weighted by atomic mass is 9.99. The number of ether oxygens (including phenoxy) is 2. The zero-order chi connectivity index (χ0) is 22.9. The number of anilines is 1. The fraction of sp³-hybridized carbons (Fsp3) is 0.280. The summed E-state index contributed by atoms with van der Waals surface area (Å²) in [5, 5.41) is 0. The summed E-state index contributed by atoms with van der Waals surface area (Å²) >= 11 is 0. The highest BCUT2D eigenvalue weighted by Gasteiger charge is 2.27. The van der Waals surface area contributed by atoms with Crippen molar-refractivity contribution < 1.29 is 14.3 Å². The molecule has 166 valence electrons. The second kappa shape index (κ2) is 8.62. The maximum Gasteiger partial charge on any atom is 0.224 e. The number of rotatable bonds is 4. The number of hydrogen-bond donors (Lipinski definition) is 1. The number of aromatic nitrogens is 2. The van der Waals surface area contributed by atoms with E-state index in [0.717, 1.165) is 35.6 Å². The van der Waals surface area contributed by atoms with Gasteiger partial charge in [0.25, 0.3) is 0 Å². The summed E-state index contributed by atoms with van der Waals surface area (Å²) in [6.45, 7) is 12.1. The second-order valence-electron chi connectivity index (χ2n) is 8.15. The average molecular weight is 441 g/mol. The van der Waals surface area contributed by atoms with Crippen LogP contribution in [0.3, 0.4) is 0 Å². The van der Waals surface area contributed by atoms with E-state index in [0.29, 0.717) is 48.3 Å². The molecule has 5 rings (SSSR count). The molecule has 0 saturated carbocycles. The number of Topliss-reactive ketones (excluding diaryl/α,β-unsaturated/α-hetero) is 1. The average Bonchev–Trinajstić information content (AvgIpc) is 3.12. The number of nitrogens with zero attached hydrogens (tertiary/aromatic N) is 4. The third kappa shape index (κ3) is 4.16. The van der Waals surface area contributed by atoms with E-state index in [1.165, 1.54) is 0 Å². The summed E-state index contributed by atoms with van der Waals surface area (Å²) in [6.07, 6.45) is 0.520. The lowest BCUT2D eigenvalue weighted by Gasteiger charge is -2.28. The fourth-order valence-electron chi connectivity index (χ4n) is 4.25. The summed E-state index contributed by atoms with van der Waals surface area (Å²) in [7, 11) is 0. The molecule has 8 nitrogen and oxygen atoms in total. The monoisotopic (exact) mass is 441 g/mol. The molecule has 0 amide bonds. The van der Waals surface area contributed by atoms with Gasteiger partial charge >= 0.3 is 0 Å². The summed E-state index contributed by atoms with van der Waals surface area (Å²) in [5.74, 6) is 2.29. The molecule has 2 aliphatic rings. The van der Waals surface area contributed by atoms with Gasteiger partial charge in [0.1, 0.15) is 17.4 Å². The number of carbonyl (C=O) groups is 1. The Morgan fingerprint density at radius 3 is 2.70 bits per heavy atom. The van der Waals surface area contributed by atoms with Crippen molar-refractivity contribution in [2.24, 2.45) is 5.73 Å². The number of fused-ring (bicyclic) bond motifs is 1. The van der Waals surface area contributed by atoms with Crippen molar-refractivity contribution in [3.63, 3.8) is 0 Å². The highest BCUT2D eigenvalue weighted by atomic mass is 16.5. The topological polar surface area (TPSA) is 94.9 Å². The first-order chi connectivity index (χ1) is 16.0. The Balaban J connectivity index is 1.52. The van der Waals surface area contributed by atoms with Gasteiger partial charge in [0.2, 0.25) is 5.88 Å². The smallest absolute Gasteiger partial charge is 0.224 e. The molecule has 1 fully saturated rings. The molecule has 1 aliphatic carbocycles. The number of benzene rings is 2. The van der Waals surface area contributed by atoms with Crippen LogP contribution in [0.1, 0.15) is 21.7 Å². The van der Waals surface area contributed by atoms with Crippen LogP contribution in [-0.4, -0.2) is 48.1 Å². The minimum Gasteiger partial charge on any atom is -0.440 e. The molecule has 2 N–H and O–H groups in total. The van der Waals surface area contributed by atoms with Crippen molar-refractivity contribution in [2.75, 3.05) is 31.2 Å². The van der Waals surface area contributed by atoms with Crippen LogP contribution in [-0.2, 0) is 11.2 Å². The molecule has 1 unspecified atom stereocenters. The van der Waals surface area contributed by atoms with Crippen LogP contribution in [0.15, 0.2) is 42.5 Å². The van der Waals surface area contributed by atoms with E-state index in [2.05, 4.69) is 19.7 Å². The van der Waals surface area contributed by atoms with E-state index in [4.69, 9.17) is 21.8 Å². The van der Waals surface area contributed by atoms with E-state index in [1.54, 1.807) is 12.1 Å². The number of aryl methyl sites for hydroxylation is 1. The van der Waals surface area contributed by atoms with E-state index in [-0.39, 0.29) is 5.78 Å². The van der Waals surface area contributed by atoms with Crippen LogP contribution in [0.25, 0.3) is 16.0 Å². The fourth-order valence-corrected chi connectivity index (χ4v) is 4.25. The van der Waals surface area contributed by atoms with Crippen LogP contribution < -0.4 is 15.4 Å². The van der Waals surface area contributed by atoms with Gasteiger partial charge in [-0.2, -0.15) is 4.98 Å². The van der Waals surface area contributed by atoms with Gasteiger partial charge in [0.15, 0.2) is 11.5 Å². The highest BCUT2D eigenvalue weighted by Crippen LogP contribution is 2.38. The first kappa shape index (κ1) is 21.1. The molecule has 1 saturated heterocycles. The number of nitrogens with two attached hydrogens (primary N) is 1. The quantitative estimate of drug-likeness (QED) is 0.617. The predicted molar refractivity (Wildman–Crippen MR) is 124 cm³/mol. The molecule has 1 aromatic heterocycles. The number of carbonyl (C=O) groups excluding carboxylic acids is 1. The zero-order valence-electron chi connectivity index (χ0n) is 18.2. The number of hydrogen-bond acceptors (Lipinski definition) is 7. The van der Waals surface area contributed by atoms with E-state index in [9.17, 15) is 4.79 Å². The standard InChI is InChI=1S/C25H23N5O3/c1-15-28-23(30-7-9-32-10-8-30)14-24(29-15)33-22-13-18(27-2)4-6-19(22)16-3-5-20-17(11-16)12-21(26)25(20)31/h3-6,11,13-14,21H,7-10,12,26H2,1H3. The van der Waals surface area contributed by atoms with Crippen molar-refractivity contribution in [3.05, 3.63) is 70.8 Å². The summed E-state index contributed by atoms with van der Waals surface area (Å²) in [6, 6.07) is 12.3. The van der Waals surface area contributed by atoms with Gasteiger partial charge in [-0.1, -0.05) is 30.3 Å². The minimum absolute atomic E-state index is 0.0246. The van der Waals surface area contributed by atoms with E-state index in [1.807, 2.05) is 37.3 Å². The van der Waals surface area contributed by atoms with Crippen LogP contribution in [0.2, 0.25) is 0 Å². The van der Waals surface area contributed by atoms with E-state index >= 15 is 0 Å². The molecule has 1 atom stereocenters. The second-order valence-corrected chi connectivity index (χ2v) is 8.15. The van der Waals surface area contributed by atoms with Crippen molar-refractivity contribution >= 4 is 17.3 Å². The third-order valence-corrected chi connectivity index (χ3v) is 5.90. The molecule has 0 bridgehead atoms.